The molecule has 18 heavy (non-hydrogen) atoms. The Bertz CT molecular complexity index is 522. The molecule has 1 aliphatic rings. The Morgan fingerprint density at radius 3 is 2.78 bits per heavy atom. The second-order valence-electron chi connectivity index (χ2n) is 4.38. The first kappa shape index (κ1) is 12.6. The molecule has 1 fully saturated rings. The highest BCUT2D eigenvalue weighted by atomic mass is 16.5. The molecular weight excluding hydrogens is 238 g/mol. The predicted octanol–water partition coefficient (Wildman–Crippen LogP) is 0.992. The number of methoxy groups -OCH3 is 1. The molecule has 0 amide bonds. The monoisotopic (exact) mass is 253 g/mol. The van der Waals surface area contributed by atoms with E-state index >= 15 is 0 Å². The third-order valence-corrected chi connectivity index (χ3v) is 3.32. The number of nitrogens with zero attached hydrogens (tertiary/aromatic N) is 1. The molecule has 0 bridgehead atoms. The molecule has 0 saturated heterocycles. The number of hydrogen-bond acceptors (Lipinski definition) is 4. The molecule has 98 valence electrons. The van der Waals surface area contributed by atoms with Gasteiger partial charge in [-0.05, 0) is 19.3 Å². The zero-order valence-electron chi connectivity index (χ0n) is 10.00. The van der Waals surface area contributed by atoms with Crippen molar-refractivity contribution in [1.82, 2.24) is 4.57 Å². The van der Waals surface area contributed by atoms with E-state index in [4.69, 9.17) is 9.84 Å². The van der Waals surface area contributed by atoms with Crippen LogP contribution in [0.15, 0.2) is 16.9 Å². The first-order chi connectivity index (χ1) is 8.54. The minimum atomic E-state index is -1.23. The quantitative estimate of drug-likeness (QED) is 0.838. The van der Waals surface area contributed by atoms with Crippen LogP contribution in [0.2, 0.25) is 0 Å². The van der Waals surface area contributed by atoms with Gasteiger partial charge in [0.2, 0.25) is 0 Å². The van der Waals surface area contributed by atoms with Crippen molar-refractivity contribution >= 4 is 5.97 Å². The molecule has 2 N–H and O–H groups in total. The Hall–Kier alpha value is -1.82. The van der Waals surface area contributed by atoms with Gasteiger partial charge >= 0.3 is 5.97 Å². The third-order valence-electron chi connectivity index (χ3n) is 3.32. The number of aromatic hydroxyl groups is 1. The maximum Gasteiger partial charge on any atom is 0.352 e. The van der Waals surface area contributed by atoms with Gasteiger partial charge in [0.05, 0.1) is 12.1 Å². The number of pyridine rings is 1. The average Bonchev–Trinajstić information content (AvgIpc) is 2.75. The molecule has 1 aromatic rings. The van der Waals surface area contributed by atoms with Crippen LogP contribution in [0.1, 0.15) is 35.8 Å². The van der Waals surface area contributed by atoms with Crippen LogP contribution in [0.3, 0.4) is 0 Å². The summed E-state index contributed by atoms with van der Waals surface area (Å²) in [4.78, 5) is 23.1. The summed E-state index contributed by atoms with van der Waals surface area (Å²) in [5, 5.41) is 18.4. The van der Waals surface area contributed by atoms with E-state index in [2.05, 4.69) is 0 Å². The third kappa shape index (κ3) is 2.11. The van der Waals surface area contributed by atoms with Crippen molar-refractivity contribution in [3.8, 4) is 5.75 Å². The molecule has 2 atom stereocenters. The van der Waals surface area contributed by atoms with Gasteiger partial charge in [-0.15, -0.1) is 0 Å². The molecule has 0 aliphatic heterocycles. The number of hydrogen-bond donors (Lipinski definition) is 2. The van der Waals surface area contributed by atoms with E-state index in [0.29, 0.717) is 6.42 Å². The molecule has 1 aromatic heterocycles. The Labute approximate surface area is 103 Å². The van der Waals surface area contributed by atoms with Crippen LogP contribution in [-0.2, 0) is 4.74 Å². The van der Waals surface area contributed by atoms with Gasteiger partial charge in [0, 0.05) is 19.2 Å². The lowest BCUT2D eigenvalue weighted by Crippen LogP contribution is -2.33. The number of carboxylic acids is 1. The fourth-order valence-electron chi connectivity index (χ4n) is 2.55. The normalized spacial score (nSPS) is 23.2. The molecule has 0 radical (unpaired) electrons. The molecule has 2 unspecified atom stereocenters. The van der Waals surface area contributed by atoms with Gasteiger partial charge in [0.15, 0.2) is 0 Å². The van der Waals surface area contributed by atoms with Crippen LogP contribution >= 0.6 is 0 Å². The topological polar surface area (TPSA) is 88.8 Å². The van der Waals surface area contributed by atoms with Crippen molar-refractivity contribution in [2.75, 3.05) is 7.11 Å². The van der Waals surface area contributed by atoms with Crippen LogP contribution in [-0.4, -0.2) is 34.0 Å². The molecule has 1 aliphatic carbocycles. The van der Waals surface area contributed by atoms with Crippen molar-refractivity contribution < 1.29 is 19.7 Å². The Balaban J connectivity index is 2.55. The highest BCUT2D eigenvalue weighted by molar-refractivity contribution is 5.86. The fourth-order valence-corrected chi connectivity index (χ4v) is 2.55. The minimum absolute atomic E-state index is 0.162. The number of aromatic carboxylic acids is 1. The summed E-state index contributed by atoms with van der Waals surface area (Å²) in [6, 6.07) is 1.83. The highest BCUT2D eigenvalue weighted by Crippen LogP contribution is 2.32. The van der Waals surface area contributed by atoms with Crippen molar-refractivity contribution in [2.45, 2.75) is 31.4 Å². The van der Waals surface area contributed by atoms with E-state index in [1.165, 1.54) is 4.57 Å². The smallest absolute Gasteiger partial charge is 0.352 e. The van der Waals surface area contributed by atoms with Gasteiger partial charge < -0.3 is 14.9 Å². The van der Waals surface area contributed by atoms with Crippen molar-refractivity contribution in [2.24, 2.45) is 0 Å². The number of rotatable bonds is 3. The number of carbonyl (C=O) groups is 1. The van der Waals surface area contributed by atoms with Gasteiger partial charge in [-0.3, -0.25) is 9.36 Å². The summed E-state index contributed by atoms with van der Waals surface area (Å²) in [6.07, 6.45) is 2.22. The molecular formula is C12H15NO5. The lowest BCUT2D eigenvalue weighted by molar-refractivity contribution is 0.0617. The van der Waals surface area contributed by atoms with Gasteiger partial charge in [-0.1, -0.05) is 0 Å². The summed E-state index contributed by atoms with van der Waals surface area (Å²) in [6.45, 7) is 0. The summed E-state index contributed by atoms with van der Waals surface area (Å²) in [7, 11) is 1.55. The van der Waals surface area contributed by atoms with E-state index in [9.17, 15) is 14.7 Å². The maximum absolute atomic E-state index is 11.9. The van der Waals surface area contributed by atoms with Crippen LogP contribution in [0.5, 0.6) is 5.75 Å². The van der Waals surface area contributed by atoms with E-state index in [-0.39, 0.29) is 23.6 Å². The molecule has 6 nitrogen and oxygen atoms in total. The number of carboxylic acid groups (broad SMARTS) is 1. The molecule has 1 heterocycles. The largest absolute Gasteiger partial charge is 0.508 e. The van der Waals surface area contributed by atoms with Gasteiger partial charge in [0.1, 0.15) is 11.4 Å². The van der Waals surface area contributed by atoms with E-state index in [1.807, 2.05) is 0 Å². The zero-order chi connectivity index (χ0) is 13.3. The first-order valence-corrected chi connectivity index (χ1v) is 5.76. The summed E-state index contributed by atoms with van der Waals surface area (Å²) in [5.74, 6) is -1.56. The van der Waals surface area contributed by atoms with Crippen LogP contribution in [0.4, 0.5) is 0 Å². The molecule has 6 heteroatoms. The van der Waals surface area contributed by atoms with Crippen molar-refractivity contribution in [3.63, 3.8) is 0 Å². The van der Waals surface area contributed by atoms with Crippen molar-refractivity contribution in [3.05, 3.63) is 28.2 Å². The van der Waals surface area contributed by atoms with Gasteiger partial charge in [-0.25, -0.2) is 4.79 Å². The SMILES string of the molecule is COC1CCCC1n1c(C(=O)O)cc(O)cc1=O. The number of ether oxygens (including phenoxy) is 1. The molecule has 0 spiro atoms. The molecule has 1 saturated carbocycles. The molecule has 0 aromatic carbocycles. The average molecular weight is 253 g/mol. The maximum atomic E-state index is 11.9. The second-order valence-corrected chi connectivity index (χ2v) is 4.38. The van der Waals surface area contributed by atoms with Gasteiger partial charge in [-0.2, -0.15) is 0 Å². The zero-order valence-corrected chi connectivity index (χ0v) is 10.00. The van der Waals surface area contributed by atoms with Crippen LogP contribution in [0, 0.1) is 0 Å². The lowest BCUT2D eigenvalue weighted by atomic mass is 10.1. The van der Waals surface area contributed by atoms with E-state index in [0.717, 1.165) is 25.0 Å². The highest BCUT2D eigenvalue weighted by Gasteiger charge is 2.32. The summed E-state index contributed by atoms with van der Waals surface area (Å²) >= 11 is 0. The van der Waals surface area contributed by atoms with Crippen LogP contribution < -0.4 is 5.56 Å². The standard InChI is InChI=1S/C12H15NO5/c1-18-10-4-2-3-8(10)13-9(12(16)17)5-7(14)6-11(13)15/h5-6,8,10,14H,2-4H2,1H3,(H,16,17). The Morgan fingerprint density at radius 1 is 1.44 bits per heavy atom. The predicted molar refractivity (Wildman–Crippen MR) is 63.0 cm³/mol. The minimum Gasteiger partial charge on any atom is -0.508 e. The fraction of sp³-hybridized carbons (Fsp3) is 0.500. The summed E-state index contributed by atoms with van der Waals surface area (Å²) in [5.41, 5.74) is -0.713. The van der Waals surface area contributed by atoms with E-state index < -0.39 is 11.5 Å². The van der Waals surface area contributed by atoms with Gasteiger partial charge in [0.25, 0.3) is 5.56 Å². The van der Waals surface area contributed by atoms with Crippen LogP contribution in [0.25, 0.3) is 0 Å². The Kier molecular flexibility index (Phi) is 3.38. The Morgan fingerprint density at radius 2 is 2.17 bits per heavy atom. The second kappa shape index (κ2) is 4.81. The summed E-state index contributed by atoms with van der Waals surface area (Å²) < 4.78 is 6.49. The molecule has 2 rings (SSSR count). The number of aromatic nitrogens is 1. The lowest BCUT2D eigenvalue weighted by Gasteiger charge is -2.22. The van der Waals surface area contributed by atoms with Crippen molar-refractivity contribution in [1.29, 1.82) is 0 Å². The first-order valence-electron chi connectivity index (χ1n) is 5.76. The van der Waals surface area contributed by atoms with E-state index in [1.54, 1.807) is 7.11 Å².